The van der Waals surface area contributed by atoms with E-state index in [2.05, 4.69) is 37.7 Å². The lowest BCUT2D eigenvalue weighted by atomic mass is 9.85. The SMILES string of the molecule is CCCCCCCOc1ccc(-c2cnc(-c3ccc(C[C@H](CC(=O)c4ccc(C(C)(C)C)cc4)C(=O)N4CC(O)CC(C(=O)O)C4)cc3)nc2)cc1. The fourth-order valence-electron chi connectivity index (χ4n) is 6.77. The second kappa shape index (κ2) is 18.2. The van der Waals surface area contributed by atoms with E-state index in [1.54, 1.807) is 24.5 Å². The van der Waals surface area contributed by atoms with Crippen molar-refractivity contribution in [1.82, 2.24) is 14.9 Å². The Bertz CT molecular complexity index is 1800. The predicted octanol–water partition coefficient (Wildman–Crippen LogP) is 8.18. The van der Waals surface area contributed by atoms with Crippen molar-refractivity contribution in [2.45, 2.75) is 90.6 Å². The molecule has 0 radical (unpaired) electrons. The molecule has 1 aliphatic rings. The van der Waals surface area contributed by atoms with Crippen LogP contribution < -0.4 is 4.74 Å². The molecule has 3 aromatic carbocycles. The molecule has 53 heavy (non-hydrogen) atoms. The van der Waals surface area contributed by atoms with Gasteiger partial charge in [-0.1, -0.05) is 114 Å². The fourth-order valence-corrected chi connectivity index (χ4v) is 6.77. The fraction of sp³-hybridized carbons (Fsp3) is 0.432. The van der Waals surface area contributed by atoms with E-state index in [1.165, 1.54) is 30.6 Å². The Labute approximate surface area is 313 Å². The van der Waals surface area contributed by atoms with Gasteiger partial charge in [0.05, 0.1) is 18.6 Å². The van der Waals surface area contributed by atoms with Crippen LogP contribution >= 0.6 is 0 Å². The zero-order valence-corrected chi connectivity index (χ0v) is 31.5. The van der Waals surface area contributed by atoms with Crippen LogP contribution in [0.25, 0.3) is 22.5 Å². The highest BCUT2D eigenvalue weighted by atomic mass is 16.5. The van der Waals surface area contributed by atoms with Gasteiger partial charge < -0.3 is 19.8 Å². The van der Waals surface area contributed by atoms with Crippen molar-refractivity contribution in [2.75, 3.05) is 19.7 Å². The molecule has 0 bridgehead atoms. The van der Waals surface area contributed by atoms with Crippen LogP contribution in [0, 0.1) is 11.8 Å². The Balaban J connectivity index is 1.26. The summed E-state index contributed by atoms with van der Waals surface area (Å²) in [7, 11) is 0. The average molecular weight is 720 g/mol. The number of carbonyl (C=O) groups excluding carboxylic acids is 2. The summed E-state index contributed by atoms with van der Waals surface area (Å²) in [6.45, 7) is 9.29. The maximum atomic E-state index is 14.0. The molecule has 2 unspecified atom stereocenters. The van der Waals surface area contributed by atoms with Crippen molar-refractivity contribution in [2.24, 2.45) is 11.8 Å². The molecular weight excluding hydrogens is 666 g/mol. The molecule has 1 amide bonds. The molecule has 9 nitrogen and oxygen atoms in total. The number of nitrogens with zero attached hydrogens (tertiary/aromatic N) is 3. The van der Waals surface area contributed by atoms with Gasteiger partial charge in [0, 0.05) is 54.5 Å². The van der Waals surface area contributed by atoms with Gasteiger partial charge in [-0.05, 0) is 53.5 Å². The average Bonchev–Trinajstić information content (AvgIpc) is 3.15. The van der Waals surface area contributed by atoms with Crippen molar-refractivity contribution in [3.8, 4) is 28.3 Å². The molecular formula is C44H53N3O6. The summed E-state index contributed by atoms with van der Waals surface area (Å²) in [5.74, 6) is -1.74. The van der Waals surface area contributed by atoms with E-state index >= 15 is 0 Å². The predicted molar refractivity (Wildman–Crippen MR) is 207 cm³/mol. The maximum Gasteiger partial charge on any atom is 0.308 e. The molecule has 0 saturated carbocycles. The quantitative estimate of drug-likeness (QED) is 0.0876. The Morgan fingerprint density at radius 3 is 2.09 bits per heavy atom. The van der Waals surface area contributed by atoms with Crippen molar-refractivity contribution in [1.29, 1.82) is 0 Å². The van der Waals surface area contributed by atoms with Gasteiger partial charge in [0.2, 0.25) is 5.91 Å². The molecule has 4 aromatic rings. The number of carboxylic acids is 1. The lowest BCUT2D eigenvalue weighted by Crippen LogP contribution is -2.50. The largest absolute Gasteiger partial charge is 0.494 e. The molecule has 0 aliphatic carbocycles. The number of rotatable bonds is 16. The standard InChI is InChI=1S/C44H53N3O6/c1-5-6-7-8-9-22-53-39-20-16-31(17-21-39)36-26-45-41(46-27-36)33-12-10-30(11-13-33)23-34(42(50)47-28-35(43(51)52)24-38(48)29-47)25-40(49)32-14-18-37(19-15-32)44(2,3)4/h10-21,26-27,34-35,38,48H,5-9,22-25,28-29H2,1-4H3,(H,51,52)/t34-,35?,38?/m1/s1. The van der Waals surface area contributed by atoms with Crippen molar-refractivity contribution in [3.05, 3.63) is 102 Å². The number of ketones is 1. The summed E-state index contributed by atoms with van der Waals surface area (Å²) in [6, 6.07) is 23.1. The van der Waals surface area contributed by atoms with E-state index in [0.29, 0.717) is 11.4 Å². The summed E-state index contributed by atoms with van der Waals surface area (Å²) in [5.41, 5.74) is 5.09. The van der Waals surface area contributed by atoms with Gasteiger partial charge in [0.15, 0.2) is 11.6 Å². The molecule has 1 saturated heterocycles. The van der Waals surface area contributed by atoms with E-state index < -0.39 is 23.9 Å². The number of likely N-dealkylation sites (tertiary alicyclic amines) is 1. The number of benzene rings is 3. The number of aliphatic carboxylic acids is 1. The van der Waals surface area contributed by atoms with Crippen LogP contribution in [0.1, 0.15) is 94.1 Å². The minimum absolute atomic E-state index is 0.000412. The Morgan fingerprint density at radius 1 is 0.830 bits per heavy atom. The number of aromatic nitrogens is 2. The van der Waals surface area contributed by atoms with Gasteiger partial charge in [-0.2, -0.15) is 0 Å². The van der Waals surface area contributed by atoms with Gasteiger partial charge in [-0.3, -0.25) is 14.4 Å². The van der Waals surface area contributed by atoms with Gasteiger partial charge >= 0.3 is 5.97 Å². The second-order valence-corrected chi connectivity index (χ2v) is 15.3. The molecule has 2 heterocycles. The molecule has 1 aliphatic heterocycles. The molecule has 5 rings (SSSR count). The smallest absolute Gasteiger partial charge is 0.308 e. The highest BCUT2D eigenvalue weighted by molar-refractivity contribution is 5.98. The first-order chi connectivity index (χ1) is 25.4. The number of amides is 1. The third-order valence-corrected chi connectivity index (χ3v) is 9.99. The van der Waals surface area contributed by atoms with Crippen LogP contribution in [0.4, 0.5) is 0 Å². The number of hydrogen-bond acceptors (Lipinski definition) is 7. The minimum atomic E-state index is -1.05. The third-order valence-electron chi connectivity index (χ3n) is 9.99. The number of carbonyl (C=O) groups is 3. The normalized spacial score (nSPS) is 16.6. The van der Waals surface area contributed by atoms with Gasteiger partial charge in [-0.25, -0.2) is 9.97 Å². The highest BCUT2D eigenvalue weighted by Gasteiger charge is 2.36. The van der Waals surface area contributed by atoms with E-state index in [1.807, 2.05) is 60.7 Å². The van der Waals surface area contributed by atoms with Gasteiger partial charge in [0.25, 0.3) is 0 Å². The van der Waals surface area contributed by atoms with Crippen molar-refractivity contribution in [3.63, 3.8) is 0 Å². The summed E-state index contributed by atoms with van der Waals surface area (Å²) in [6.07, 6.45) is 8.97. The van der Waals surface area contributed by atoms with Gasteiger partial charge in [-0.15, -0.1) is 0 Å². The first kappa shape index (κ1) is 39.3. The summed E-state index contributed by atoms with van der Waals surface area (Å²) in [5, 5.41) is 20.1. The lowest BCUT2D eigenvalue weighted by Gasteiger charge is -2.36. The summed E-state index contributed by atoms with van der Waals surface area (Å²) in [4.78, 5) is 49.9. The first-order valence-electron chi connectivity index (χ1n) is 18.9. The molecule has 2 N–H and O–H groups in total. The van der Waals surface area contributed by atoms with E-state index in [4.69, 9.17) is 4.74 Å². The number of Topliss-reactive ketones (excluding diaryl/α,β-unsaturated/α-hetero) is 1. The molecule has 1 fully saturated rings. The number of ether oxygens (including phenoxy) is 1. The van der Waals surface area contributed by atoms with Crippen LogP contribution in [0.2, 0.25) is 0 Å². The maximum absolute atomic E-state index is 14.0. The van der Waals surface area contributed by atoms with E-state index in [9.17, 15) is 24.6 Å². The molecule has 0 spiro atoms. The van der Waals surface area contributed by atoms with Crippen molar-refractivity contribution >= 4 is 17.7 Å². The lowest BCUT2D eigenvalue weighted by molar-refractivity contribution is -0.150. The van der Waals surface area contributed by atoms with Crippen LogP contribution in [0.5, 0.6) is 5.75 Å². The summed E-state index contributed by atoms with van der Waals surface area (Å²) >= 11 is 0. The van der Waals surface area contributed by atoms with E-state index in [0.717, 1.165) is 46.6 Å². The van der Waals surface area contributed by atoms with E-state index in [-0.39, 0.29) is 49.5 Å². The minimum Gasteiger partial charge on any atom is -0.494 e. The monoisotopic (exact) mass is 719 g/mol. The molecule has 1 aromatic heterocycles. The van der Waals surface area contributed by atoms with Crippen molar-refractivity contribution < 1.29 is 29.3 Å². The molecule has 280 valence electrons. The van der Waals surface area contributed by atoms with Crippen LogP contribution in [0.3, 0.4) is 0 Å². The topological polar surface area (TPSA) is 130 Å². The first-order valence-corrected chi connectivity index (χ1v) is 18.9. The molecule has 3 atom stereocenters. The number of hydrogen-bond donors (Lipinski definition) is 2. The Hall–Kier alpha value is -4.89. The van der Waals surface area contributed by atoms with Crippen LogP contribution in [-0.2, 0) is 21.4 Å². The number of aliphatic hydroxyl groups excluding tert-OH is 1. The number of carboxylic acid groups (broad SMARTS) is 1. The number of piperidine rings is 1. The third kappa shape index (κ3) is 11.1. The molecule has 9 heteroatoms. The Morgan fingerprint density at radius 2 is 1.47 bits per heavy atom. The zero-order valence-electron chi connectivity index (χ0n) is 31.5. The Kier molecular flexibility index (Phi) is 13.5. The summed E-state index contributed by atoms with van der Waals surface area (Å²) < 4.78 is 5.90. The van der Waals surface area contributed by atoms with Crippen LogP contribution in [-0.4, -0.2) is 68.5 Å². The number of β-amino-alcohol motifs (C(OH)–C–C–N with tert-alkyl or cyclic N) is 1. The van der Waals surface area contributed by atoms with Crippen LogP contribution in [0.15, 0.2) is 85.2 Å². The number of unbranched alkanes of at least 4 members (excludes halogenated alkanes) is 4. The van der Waals surface area contributed by atoms with Gasteiger partial charge in [0.1, 0.15) is 5.75 Å². The second-order valence-electron chi connectivity index (χ2n) is 15.3. The number of aliphatic hydroxyl groups is 1. The zero-order chi connectivity index (χ0) is 38.0. The highest BCUT2D eigenvalue weighted by Crippen LogP contribution is 2.28.